The van der Waals surface area contributed by atoms with Crippen LogP contribution in [-0.2, 0) is 12.4 Å². The van der Waals surface area contributed by atoms with E-state index in [1.165, 1.54) is 6.07 Å². The zero-order valence-electron chi connectivity index (χ0n) is 8.73. The van der Waals surface area contributed by atoms with Crippen molar-refractivity contribution >= 4 is 38.6 Å². The fourth-order valence-electron chi connectivity index (χ4n) is 1.63. The summed E-state index contributed by atoms with van der Waals surface area (Å²) < 4.78 is 51.7. The largest absolute Gasteiger partial charge is 0.406 e. The summed E-state index contributed by atoms with van der Waals surface area (Å²) in [6, 6.07) is 2.34. The highest BCUT2D eigenvalue weighted by Crippen LogP contribution is 2.28. The molecule has 0 radical (unpaired) electrons. The topological polar surface area (TPSA) is 17.8 Å². The maximum absolute atomic E-state index is 13.3. The van der Waals surface area contributed by atoms with Crippen LogP contribution in [0.3, 0.4) is 0 Å². The van der Waals surface area contributed by atoms with Gasteiger partial charge in [-0.1, -0.05) is 0 Å². The summed E-state index contributed by atoms with van der Waals surface area (Å²) in [6.07, 6.45) is -4.39. The number of fused-ring (bicyclic) bond motifs is 1. The summed E-state index contributed by atoms with van der Waals surface area (Å²) >= 11 is 8.49. The first-order valence-electron chi connectivity index (χ1n) is 4.78. The highest BCUT2D eigenvalue weighted by atomic mass is 79.9. The summed E-state index contributed by atoms with van der Waals surface area (Å²) in [5.41, 5.74) is 0.340. The molecule has 0 bridgehead atoms. The van der Waals surface area contributed by atoms with Crippen LogP contribution in [0.4, 0.5) is 17.6 Å². The Balaban J connectivity index is 2.65. The highest BCUT2D eigenvalue weighted by Gasteiger charge is 2.30. The van der Waals surface area contributed by atoms with Crippen molar-refractivity contribution in [2.75, 3.05) is 0 Å². The Bertz CT molecular complexity index is 594. The molecule has 1 heterocycles. The second-order valence-electron chi connectivity index (χ2n) is 3.62. The first-order valence-corrected chi connectivity index (χ1v) is 6.11. The maximum Gasteiger partial charge on any atom is 0.406 e. The van der Waals surface area contributed by atoms with Gasteiger partial charge in [0.05, 0.1) is 21.4 Å². The van der Waals surface area contributed by atoms with E-state index < -0.39 is 18.5 Å². The molecule has 18 heavy (non-hydrogen) atoms. The van der Waals surface area contributed by atoms with Crippen LogP contribution in [0.25, 0.3) is 11.0 Å². The van der Waals surface area contributed by atoms with Crippen LogP contribution < -0.4 is 0 Å². The predicted octanol–water partition coefficient (Wildman–Crippen LogP) is 4.24. The lowest BCUT2D eigenvalue weighted by Gasteiger charge is -2.10. The second-order valence-corrected chi connectivity index (χ2v) is 4.74. The molecule has 1 aromatic carbocycles. The van der Waals surface area contributed by atoms with Gasteiger partial charge in [-0.15, -0.1) is 11.6 Å². The quantitative estimate of drug-likeness (QED) is 0.588. The van der Waals surface area contributed by atoms with Crippen LogP contribution in [0.2, 0.25) is 0 Å². The number of aromatic nitrogens is 2. The molecule has 0 unspecified atom stereocenters. The first-order chi connectivity index (χ1) is 8.31. The summed E-state index contributed by atoms with van der Waals surface area (Å²) in [5, 5.41) is 0. The Morgan fingerprint density at radius 3 is 2.56 bits per heavy atom. The minimum absolute atomic E-state index is 0.0569. The number of benzene rings is 1. The van der Waals surface area contributed by atoms with E-state index in [9.17, 15) is 17.6 Å². The molecule has 0 saturated heterocycles. The minimum atomic E-state index is -4.39. The Kier molecular flexibility index (Phi) is 3.55. The normalized spacial score (nSPS) is 12.3. The minimum Gasteiger partial charge on any atom is -0.318 e. The Morgan fingerprint density at radius 2 is 2.00 bits per heavy atom. The molecule has 0 amide bonds. The number of alkyl halides is 4. The fraction of sp³-hybridized carbons (Fsp3) is 0.300. The van der Waals surface area contributed by atoms with Crippen LogP contribution in [0.15, 0.2) is 16.6 Å². The zero-order valence-corrected chi connectivity index (χ0v) is 11.1. The number of rotatable bonds is 2. The smallest absolute Gasteiger partial charge is 0.318 e. The summed E-state index contributed by atoms with van der Waals surface area (Å²) in [5.74, 6) is -0.703. The van der Waals surface area contributed by atoms with Gasteiger partial charge >= 0.3 is 6.18 Å². The average molecular weight is 346 g/mol. The molecule has 1 aromatic heterocycles. The van der Waals surface area contributed by atoms with Crippen molar-refractivity contribution in [2.24, 2.45) is 0 Å². The monoisotopic (exact) mass is 344 g/mol. The summed E-state index contributed by atoms with van der Waals surface area (Å²) in [6.45, 7) is -1.20. The molecule has 0 fully saturated rings. The van der Waals surface area contributed by atoms with Crippen LogP contribution in [-0.4, -0.2) is 15.7 Å². The zero-order chi connectivity index (χ0) is 13.5. The lowest BCUT2D eigenvalue weighted by atomic mass is 10.3. The van der Waals surface area contributed by atoms with Crippen LogP contribution in [0.1, 0.15) is 5.82 Å². The molecular formula is C10H6BrClF4N2. The van der Waals surface area contributed by atoms with Crippen molar-refractivity contribution in [1.82, 2.24) is 9.55 Å². The molecular weight excluding hydrogens is 339 g/mol. The number of nitrogens with zero attached hydrogens (tertiary/aromatic N) is 2. The van der Waals surface area contributed by atoms with Gasteiger partial charge in [0.15, 0.2) is 0 Å². The van der Waals surface area contributed by atoms with E-state index in [1.807, 2.05) is 0 Å². The number of hydrogen-bond donors (Lipinski definition) is 0. The van der Waals surface area contributed by atoms with Crippen molar-refractivity contribution in [1.29, 1.82) is 0 Å². The highest BCUT2D eigenvalue weighted by molar-refractivity contribution is 9.10. The van der Waals surface area contributed by atoms with E-state index in [0.717, 1.165) is 10.6 Å². The summed E-state index contributed by atoms with van der Waals surface area (Å²) in [7, 11) is 0. The SMILES string of the molecule is Fc1cc2nc(CCl)n(CC(F)(F)F)c2cc1Br. The van der Waals surface area contributed by atoms with E-state index in [-0.39, 0.29) is 27.2 Å². The average Bonchev–Trinajstić information content (AvgIpc) is 2.55. The lowest BCUT2D eigenvalue weighted by molar-refractivity contribution is -0.140. The van der Waals surface area contributed by atoms with Crippen LogP contribution in [0.5, 0.6) is 0 Å². The fourth-order valence-corrected chi connectivity index (χ4v) is 2.16. The van der Waals surface area contributed by atoms with Gasteiger partial charge < -0.3 is 4.57 Å². The van der Waals surface area contributed by atoms with E-state index in [4.69, 9.17) is 11.6 Å². The molecule has 0 spiro atoms. The third-order valence-corrected chi connectivity index (χ3v) is 3.17. The van der Waals surface area contributed by atoms with Gasteiger partial charge in [0, 0.05) is 6.07 Å². The van der Waals surface area contributed by atoms with E-state index >= 15 is 0 Å². The second kappa shape index (κ2) is 4.70. The van der Waals surface area contributed by atoms with Gasteiger partial charge in [-0.2, -0.15) is 13.2 Å². The van der Waals surface area contributed by atoms with Crippen molar-refractivity contribution in [3.8, 4) is 0 Å². The van der Waals surface area contributed by atoms with Gasteiger partial charge in [0.2, 0.25) is 0 Å². The van der Waals surface area contributed by atoms with Crippen molar-refractivity contribution in [2.45, 2.75) is 18.6 Å². The third kappa shape index (κ3) is 2.61. The molecule has 0 atom stereocenters. The van der Waals surface area contributed by atoms with Gasteiger partial charge in [-0.3, -0.25) is 0 Å². The molecule has 0 N–H and O–H groups in total. The Morgan fingerprint density at radius 1 is 1.33 bits per heavy atom. The third-order valence-electron chi connectivity index (χ3n) is 2.33. The van der Waals surface area contributed by atoms with Gasteiger partial charge in [0.1, 0.15) is 18.2 Å². The number of halogens is 6. The lowest BCUT2D eigenvalue weighted by Crippen LogP contribution is -2.19. The first kappa shape index (κ1) is 13.6. The Hall–Kier alpha value is -0.820. The van der Waals surface area contributed by atoms with Crippen molar-refractivity contribution < 1.29 is 17.6 Å². The van der Waals surface area contributed by atoms with Gasteiger partial charge in [-0.05, 0) is 22.0 Å². The molecule has 2 aromatic rings. The van der Waals surface area contributed by atoms with E-state index in [2.05, 4.69) is 20.9 Å². The summed E-state index contributed by atoms with van der Waals surface area (Å²) in [4.78, 5) is 3.89. The molecule has 2 rings (SSSR count). The Labute approximate surface area is 113 Å². The molecule has 0 saturated carbocycles. The standard InChI is InChI=1S/C10H6BrClF4N2/c11-5-1-8-7(2-6(5)13)17-9(3-12)18(8)4-10(14,15)16/h1-2H,3-4H2. The molecule has 0 aliphatic carbocycles. The van der Waals surface area contributed by atoms with E-state index in [0.29, 0.717) is 0 Å². The molecule has 8 heteroatoms. The molecule has 0 aliphatic rings. The molecule has 98 valence electrons. The number of hydrogen-bond acceptors (Lipinski definition) is 1. The van der Waals surface area contributed by atoms with Crippen LogP contribution in [0, 0.1) is 5.82 Å². The van der Waals surface area contributed by atoms with E-state index in [1.54, 1.807) is 0 Å². The molecule has 2 nitrogen and oxygen atoms in total. The van der Waals surface area contributed by atoms with Crippen LogP contribution >= 0.6 is 27.5 Å². The van der Waals surface area contributed by atoms with Crippen molar-refractivity contribution in [3.63, 3.8) is 0 Å². The molecule has 0 aliphatic heterocycles. The maximum atomic E-state index is 13.3. The van der Waals surface area contributed by atoms with Gasteiger partial charge in [0.25, 0.3) is 0 Å². The predicted molar refractivity (Wildman–Crippen MR) is 63.0 cm³/mol. The van der Waals surface area contributed by atoms with Crippen molar-refractivity contribution in [3.05, 3.63) is 28.2 Å². The van der Waals surface area contributed by atoms with Gasteiger partial charge in [-0.25, -0.2) is 9.37 Å². The number of imidazole rings is 1.